The van der Waals surface area contributed by atoms with Gasteiger partial charge in [0.1, 0.15) is 43.2 Å². The second kappa shape index (κ2) is 18.3. The van der Waals surface area contributed by atoms with E-state index in [1.165, 1.54) is 0 Å². The summed E-state index contributed by atoms with van der Waals surface area (Å²) in [6.07, 6.45) is -12.1. The first-order valence-corrected chi connectivity index (χ1v) is 17.9. The minimum absolute atomic E-state index is 0.0147. The highest BCUT2D eigenvalue weighted by molar-refractivity contribution is 7.47. The van der Waals surface area contributed by atoms with E-state index in [4.69, 9.17) is 38.1 Å². The molecule has 1 fully saturated rings. The molecule has 8 N–H and O–H groups in total. The molecule has 0 amide bonds. The van der Waals surface area contributed by atoms with Gasteiger partial charge in [-0.25, -0.2) is 13.7 Å². The molecular weight excluding hydrogens is 649 g/mol. The van der Waals surface area contributed by atoms with E-state index in [0.717, 1.165) is 19.3 Å². The van der Waals surface area contributed by atoms with Gasteiger partial charge in [-0.05, 0) is 12.8 Å². The molecule has 1 saturated carbocycles. The van der Waals surface area contributed by atoms with Crippen LogP contribution in [0, 0.1) is 0 Å². The summed E-state index contributed by atoms with van der Waals surface area (Å²) in [6.45, 7) is 2.35. The van der Waals surface area contributed by atoms with Crippen LogP contribution in [0.1, 0.15) is 65.2 Å². The summed E-state index contributed by atoms with van der Waals surface area (Å²) >= 11 is 0. The first-order chi connectivity index (χ1) is 19.8. The van der Waals surface area contributed by atoms with Crippen molar-refractivity contribution in [2.45, 2.75) is 108 Å². The molecule has 1 rings (SSSR count). The van der Waals surface area contributed by atoms with Crippen LogP contribution in [0.4, 0.5) is 0 Å². The molecule has 22 heteroatoms. The Labute approximate surface area is 247 Å². The number of rotatable bonds is 20. The molecule has 0 aliphatic heterocycles. The lowest BCUT2D eigenvalue weighted by molar-refractivity contribution is -0.213. The number of esters is 2. The van der Waals surface area contributed by atoms with Gasteiger partial charge in [-0.1, -0.05) is 39.5 Å². The quantitative estimate of drug-likeness (QED) is 0.0479. The van der Waals surface area contributed by atoms with Crippen LogP contribution in [-0.4, -0.2) is 108 Å². The monoisotopic (exact) mass is 690 g/mol. The van der Waals surface area contributed by atoms with Crippen LogP contribution >= 0.6 is 23.5 Å². The summed E-state index contributed by atoms with van der Waals surface area (Å²) in [6, 6.07) is 0. The Kier molecular flexibility index (Phi) is 17.1. The Bertz CT molecular complexity index is 1010. The van der Waals surface area contributed by atoms with Crippen LogP contribution in [0.3, 0.4) is 0 Å². The lowest BCUT2D eigenvalue weighted by atomic mass is 9.85. The first-order valence-electron chi connectivity index (χ1n) is 13.3. The molecule has 1 aliphatic rings. The molecule has 0 radical (unpaired) electrons. The fourth-order valence-corrected chi connectivity index (χ4v) is 5.97. The smallest absolute Gasteiger partial charge is 0.462 e. The summed E-state index contributed by atoms with van der Waals surface area (Å²) in [5.74, 6) is -1.36. The van der Waals surface area contributed by atoms with Crippen molar-refractivity contribution in [3.8, 4) is 0 Å². The zero-order chi connectivity index (χ0) is 33.0. The van der Waals surface area contributed by atoms with Gasteiger partial charge in [0.25, 0.3) is 0 Å². The van der Waals surface area contributed by atoms with Gasteiger partial charge in [-0.2, -0.15) is 0 Å². The minimum Gasteiger partial charge on any atom is -0.462 e. The average Bonchev–Trinajstić information content (AvgIpc) is 2.88. The first kappa shape index (κ1) is 40.2. The maximum Gasteiger partial charge on any atom is 0.472 e. The Morgan fingerprint density at radius 2 is 1.12 bits per heavy atom. The maximum absolute atomic E-state index is 12.7. The molecular formula is C21H41O19P3. The SMILES string of the molecule is CCCCCC(=O)OCC(COP(=O)(O)OC1C(O)C(O)C(OP(=O)(O)O)C(OP(=O)(O)O)C1O)OC(=O)CCCCC. The third-order valence-electron chi connectivity index (χ3n) is 5.91. The Morgan fingerprint density at radius 3 is 1.60 bits per heavy atom. The summed E-state index contributed by atoms with van der Waals surface area (Å²) in [5.41, 5.74) is 0. The summed E-state index contributed by atoms with van der Waals surface area (Å²) in [4.78, 5) is 70.9. The van der Waals surface area contributed by atoms with Crippen molar-refractivity contribution < 1.29 is 90.6 Å². The number of aliphatic hydroxyl groups is 3. The van der Waals surface area contributed by atoms with Crippen molar-refractivity contribution in [3.63, 3.8) is 0 Å². The lowest BCUT2D eigenvalue weighted by Crippen LogP contribution is -2.65. The van der Waals surface area contributed by atoms with Crippen LogP contribution in [-0.2, 0) is 50.9 Å². The highest BCUT2D eigenvalue weighted by Gasteiger charge is 2.56. The third kappa shape index (κ3) is 15.8. The van der Waals surface area contributed by atoms with E-state index >= 15 is 0 Å². The van der Waals surface area contributed by atoms with Crippen molar-refractivity contribution >= 4 is 35.4 Å². The van der Waals surface area contributed by atoms with Gasteiger partial charge in [0.15, 0.2) is 6.10 Å². The van der Waals surface area contributed by atoms with Gasteiger partial charge in [0, 0.05) is 12.8 Å². The van der Waals surface area contributed by atoms with Crippen molar-refractivity contribution in [2.75, 3.05) is 13.2 Å². The second-order valence-electron chi connectivity index (χ2n) is 9.64. The van der Waals surface area contributed by atoms with Gasteiger partial charge in [0.2, 0.25) is 0 Å². The number of phosphoric acid groups is 3. The van der Waals surface area contributed by atoms with E-state index in [9.17, 15) is 43.5 Å². The van der Waals surface area contributed by atoms with Gasteiger partial charge in [-0.15, -0.1) is 0 Å². The average molecular weight is 690 g/mol. The van der Waals surface area contributed by atoms with Crippen LogP contribution < -0.4 is 0 Å². The molecule has 1 aliphatic carbocycles. The predicted molar refractivity (Wildman–Crippen MR) is 142 cm³/mol. The predicted octanol–water partition coefficient (Wildman–Crippen LogP) is 0.156. The second-order valence-corrected chi connectivity index (χ2v) is 13.4. The normalized spacial score (nSPS) is 26.8. The van der Waals surface area contributed by atoms with E-state index in [1.54, 1.807) is 0 Å². The highest BCUT2D eigenvalue weighted by Crippen LogP contribution is 2.51. The van der Waals surface area contributed by atoms with Crippen LogP contribution in [0.2, 0.25) is 0 Å². The summed E-state index contributed by atoms with van der Waals surface area (Å²) in [5, 5.41) is 31.2. The molecule has 0 aromatic heterocycles. The molecule has 8 unspecified atom stereocenters. The Balaban J connectivity index is 3.03. The van der Waals surface area contributed by atoms with E-state index in [1.807, 2.05) is 13.8 Å². The summed E-state index contributed by atoms with van der Waals surface area (Å²) in [7, 11) is -16.5. The van der Waals surface area contributed by atoms with Gasteiger partial charge in [0.05, 0.1) is 6.61 Å². The van der Waals surface area contributed by atoms with Crippen molar-refractivity contribution in [1.29, 1.82) is 0 Å². The fourth-order valence-electron chi connectivity index (χ4n) is 3.87. The third-order valence-corrected chi connectivity index (χ3v) is 7.94. The number of unbranched alkanes of at least 4 members (excludes halogenated alkanes) is 4. The number of carbonyl (C=O) groups excluding carboxylic acids is 2. The minimum atomic E-state index is -5.57. The number of ether oxygens (including phenoxy) is 2. The number of aliphatic hydroxyl groups excluding tert-OH is 3. The van der Waals surface area contributed by atoms with Crippen LogP contribution in [0.15, 0.2) is 0 Å². The zero-order valence-electron chi connectivity index (χ0n) is 23.5. The van der Waals surface area contributed by atoms with Crippen LogP contribution in [0.25, 0.3) is 0 Å². The van der Waals surface area contributed by atoms with E-state index in [0.29, 0.717) is 19.3 Å². The van der Waals surface area contributed by atoms with Gasteiger partial charge >= 0.3 is 35.4 Å². The van der Waals surface area contributed by atoms with Gasteiger partial charge < -0.3 is 49.3 Å². The molecule has 19 nitrogen and oxygen atoms in total. The molecule has 43 heavy (non-hydrogen) atoms. The van der Waals surface area contributed by atoms with E-state index < -0.39 is 91.3 Å². The molecule has 0 spiro atoms. The van der Waals surface area contributed by atoms with Crippen molar-refractivity contribution in [2.24, 2.45) is 0 Å². The Hall–Kier alpha value is -0.850. The fraction of sp³-hybridized carbons (Fsp3) is 0.905. The molecule has 0 bridgehead atoms. The molecule has 8 atom stereocenters. The topological polar surface area (TPSA) is 303 Å². The zero-order valence-corrected chi connectivity index (χ0v) is 26.2. The van der Waals surface area contributed by atoms with Crippen LogP contribution in [0.5, 0.6) is 0 Å². The lowest BCUT2D eigenvalue weighted by Gasteiger charge is -2.44. The standard InChI is InChI=1S/C21H41O19P3/c1-3-5-7-9-14(22)35-11-13(37-15(23)10-8-6-4-2)12-36-43(33,34)40-19-16(24)17(25)20(38-41(27,28)29)21(18(19)26)39-42(30,31)32/h13,16-21,24-26H,3-12H2,1-2H3,(H,33,34)(H2,27,28,29)(H2,30,31,32). The molecule has 0 aromatic rings. The number of carbonyl (C=O) groups is 2. The molecule has 254 valence electrons. The van der Waals surface area contributed by atoms with Crippen molar-refractivity contribution in [3.05, 3.63) is 0 Å². The maximum atomic E-state index is 12.7. The number of hydrogen-bond acceptors (Lipinski definition) is 14. The molecule has 0 aromatic carbocycles. The van der Waals surface area contributed by atoms with Gasteiger partial charge in [-0.3, -0.25) is 27.7 Å². The van der Waals surface area contributed by atoms with Crippen molar-refractivity contribution in [1.82, 2.24) is 0 Å². The Morgan fingerprint density at radius 1 is 0.651 bits per heavy atom. The largest absolute Gasteiger partial charge is 0.472 e. The van der Waals surface area contributed by atoms with E-state index in [2.05, 4.69) is 9.05 Å². The summed E-state index contributed by atoms with van der Waals surface area (Å²) < 4.78 is 63.6. The van der Waals surface area contributed by atoms with E-state index in [-0.39, 0.29) is 12.8 Å². The molecule has 0 heterocycles. The molecule has 0 saturated heterocycles. The number of hydrogen-bond donors (Lipinski definition) is 8. The highest BCUT2D eigenvalue weighted by atomic mass is 31.2. The number of phosphoric ester groups is 3.